The monoisotopic (exact) mass is 243 g/mol. The molecule has 0 aliphatic carbocycles. The first-order chi connectivity index (χ1) is 8.19. The van der Waals surface area contributed by atoms with Gasteiger partial charge < -0.3 is 4.74 Å². The summed E-state index contributed by atoms with van der Waals surface area (Å²) >= 11 is 0. The first-order valence-corrected chi connectivity index (χ1v) is 6.51. The molecule has 0 aromatic carbocycles. The van der Waals surface area contributed by atoms with Crippen LogP contribution in [0.5, 0.6) is 0 Å². The summed E-state index contributed by atoms with van der Waals surface area (Å²) in [5.74, 6) is 5.11. The van der Waals surface area contributed by atoms with Crippen LogP contribution in [0, 0.1) is 0 Å². The van der Waals surface area contributed by atoms with Gasteiger partial charge in [0.15, 0.2) is 0 Å². The lowest BCUT2D eigenvalue weighted by molar-refractivity contribution is -0.127. The molecule has 0 bridgehead atoms. The van der Waals surface area contributed by atoms with Crippen molar-refractivity contribution in [2.45, 2.75) is 51.2 Å². The zero-order valence-electron chi connectivity index (χ0n) is 10.9. The highest BCUT2D eigenvalue weighted by molar-refractivity contribution is 5.81. The summed E-state index contributed by atoms with van der Waals surface area (Å²) in [5.41, 5.74) is 2.25. The Labute approximate surface area is 104 Å². The molecule has 17 heavy (non-hydrogen) atoms. The molecular formula is C12H25N3O2. The van der Waals surface area contributed by atoms with E-state index in [4.69, 9.17) is 10.6 Å². The second-order valence-corrected chi connectivity index (χ2v) is 4.74. The molecule has 1 rings (SSSR count). The molecule has 1 saturated heterocycles. The van der Waals surface area contributed by atoms with Crippen molar-refractivity contribution < 1.29 is 9.53 Å². The van der Waals surface area contributed by atoms with Crippen LogP contribution < -0.4 is 11.3 Å². The van der Waals surface area contributed by atoms with Crippen LogP contribution in [-0.4, -0.2) is 43.2 Å². The molecule has 0 aromatic heterocycles. The van der Waals surface area contributed by atoms with Crippen LogP contribution in [0.3, 0.4) is 0 Å². The molecule has 1 heterocycles. The van der Waals surface area contributed by atoms with Crippen LogP contribution in [0.2, 0.25) is 0 Å². The Morgan fingerprint density at radius 1 is 1.59 bits per heavy atom. The number of ether oxygens (including phenoxy) is 1. The van der Waals surface area contributed by atoms with E-state index in [1.165, 1.54) is 6.42 Å². The third kappa shape index (κ3) is 4.61. The van der Waals surface area contributed by atoms with Gasteiger partial charge in [0.1, 0.15) is 0 Å². The van der Waals surface area contributed by atoms with Crippen molar-refractivity contribution >= 4 is 5.91 Å². The molecule has 1 aliphatic rings. The smallest absolute Gasteiger partial charge is 0.251 e. The van der Waals surface area contributed by atoms with Gasteiger partial charge >= 0.3 is 0 Å². The van der Waals surface area contributed by atoms with E-state index in [1.54, 1.807) is 0 Å². The SMILES string of the molecule is CCCC(C(=O)NN)N(C)CC1CCCCO1. The van der Waals surface area contributed by atoms with Crippen molar-refractivity contribution in [3.05, 3.63) is 0 Å². The summed E-state index contributed by atoms with van der Waals surface area (Å²) in [4.78, 5) is 13.7. The van der Waals surface area contributed by atoms with E-state index in [0.29, 0.717) is 0 Å². The topological polar surface area (TPSA) is 67.6 Å². The van der Waals surface area contributed by atoms with Crippen molar-refractivity contribution in [3.63, 3.8) is 0 Å². The lowest BCUT2D eigenvalue weighted by atomic mass is 10.1. The number of carbonyl (C=O) groups excluding carboxylic acids is 1. The highest BCUT2D eigenvalue weighted by Crippen LogP contribution is 2.15. The molecule has 0 saturated carbocycles. The van der Waals surface area contributed by atoms with Crippen LogP contribution >= 0.6 is 0 Å². The number of hydrazine groups is 1. The third-order valence-corrected chi connectivity index (χ3v) is 3.30. The fourth-order valence-corrected chi connectivity index (χ4v) is 2.32. The van der Waals surface area contributed by atoms with Crippen molar-refractivity contribution in [2.75, 3.05) is 20.2 Å². The van der Waals surface area contributed by atoms with E-state index in [2.05, 4.69) is 17.2 Å². The molecule has 5 heteroatoms. The maximum Gasteiger partial charge on any atom is 0.251 e. The highest BCUT2D eigenvalue weighted by atomic mass is 16.5. The Balaban J connectivity index is 2.45. The van der Waals surface area contributed by atoms with Crippen LogP contribution in [0.4, 0.5) is 0 Å². The fraction of sp³-hybridized carbons (Fsp3) is 0.917. The molecule has 100 valence electrons. The van der Waals surface area contributed by atoms with Crippen LogP contribution in [0.25, 0.3) is 0 Å². The van der Waals surface area contributed by atoms with Gasteiger partial charge in [0, 0.05) is 13.2 Å². The summed E-state index contributed by atoms with van der Waals surface area (Å²) in [5, 5.41) is 0. The van der Waals surface area contributed by atoms with E-state index >= 15 is 0 Å². The standard InChI is InChI=1S/C12H25N3O2/c1-3-6-11(12(16)14-13)15(2)9-10-7-4-5-8-17-10/h10-11H,3-9,13H2,1-2H3,(H,14,16). The molecule has 5 nitrogen and oxygen atoms in total. The van der Waals surface area contributed by atoms with Crippen LogP contribution in [0.15, 0.2) is 0 Å². The van der Waals surface area contributed by atoms with Crippen molar-refractivity contribution in [3.8, 4) is 0 Å². The van der Waals surface area contributed by atoms with E-state index in [9.17, 15) is 4.79 Å². The maximum atomic E-state index is 11.7. The van der Waals surface area contributed by atoms with Gasteiger partial charge in [0.2, 0.25) is 0 Å². The van der Waals surface area contributed by atoms with E-state index in [1.807, 2.05) is 7.05 Å². The lowest BCUT2D eigenvalue weighted by Gasteiger charge is -2.31. The first-order valence-electron chi connectivity index (χ1n) is 6.51. The molecule has 1 amide bonds. The number of carbonyl (C=O) groups is 1. The molecule has 0 spiro atoms. The summed E-state index contributed by atoms with van der Waals surface area (Å²) < 4.78 is 5.69. The summed E-state index contributed by atoms with van der Waals surface area (Å²) in [7, 11) is 1.97. The van der Waals surface area contributed by atoms with E-state index in [0.717, 1.165) is 38.8 Å². The molecule has 1 aliphatic heterocycles. The molecule has 0 aromatic rings. The number of likely N-dealkylation sites (N-methyl/N-ethyl adjacent to an activating group) is 1. The molecule has 2 atom stereocenters. The summed E-state index contributed by atoms with van der Waals surface area (Å²) in [6.45, 7) is 3.72. The Kier molecular flexibility index (Phi) is 6.47. The van der Waals surface area contributed by atoms with Gasteiger partial charge in [-0.25, -0.2) is 5.84 Å². The second-order valence-electron chi connectivity index (χ2n) is 4.74. The minimum Gasteiger partial charge on any atom is -0.377 e. The number of nitrogens with one attached hydrogen (secondary N) is 1. The van der Waals surface area contributed by atoms with Crippen LogP contribution in [-0.2, 0) is 9.53 Å². The molecule has 2 unspecified atom stereocenters. The Bertz CT molecular complexity index is 230. The van der Waals surface area contributed by atoms with Gasteiger partial charge in [-0.1, -0.05) is 13.3 Å². The van der Waals surface area contributed by atoms with Gasteiger partial charge in [-0.3, -0.25) is 15.1 Å². The zero-order chi connectivity index (χ0) is 12.7. The Morgan fingerprint density at radius 3 is 2.88 bits per heavy atom. The normalized spacial score (nSPS) is 22.5. The highest BCUT2D eigenvalue weighted by Gasteiger charge is 2.25. The number of amides is 1. The maximum absolute atomic E-state index is 11.7. The van der Waals surface area contributed by atoms with E-state index in [-0.39, 0.29) is 18.1 Å². The minimum atomic E-state index is -0.143. The predicted molar refractivity (Wildman–Crippen MR) is 67.2 cm³/mol. The second kappa shape index (κ2) is 7.63. The Hall–Kier alpha value is -0.650. The van der Waals surface area contributed by atoms with Crippen molar-refractivity contribution in [1.82, 2.24) is 10.3 Å². The molecule has 0 radical (unpaired) electrons. The van der Waals surface area contributed by atoms with Gasteiger partial charge in [0.25, 0.3) is 5.91 Å². The van der Waals surface area contributed by atoms with E-state index < -0.39 is 0 Å². The van der Waals surface area contributed by atoms with Gasteiger partial charge in [0.05, 0.1) is 12.1 Å². The minimum absolute atomic E-state index is 0.106. The van der Waals surface area contributed by atoms with Crippen molar-refractivity contribution in [1.29, 1.82) is 0 Å². The van der Waals surface area contributed by atoms with Crippen molar-refractivity contribution in [2.24, 2.45) is 5.84 Å². The first kappa shape index (κ1) is 14.4. The number of hydrogen-bond acceptors (Lipinski definition) is 4. The molecule has 3 N–H and O–H groups in total. The quantitative estimate of drug-likeness (QED) is 0.408. The summed E-state index contributed by atoms with van der Waals surface area (Å²) in [6.07, 6.45) is 5.52. The van der Waals surface area contributed by atoms with Crippen LogP contribution in [0.1, 0.15) is 39.0 Å². The lowest BCUT2D eigenvalue weighted by Crippen LogP contribution is -2.50. The fourth-order valence-electron chi connectivity index (χ4n) is 2.32. The zero-order valence-corrected chi connectivity index (χ0v) is 10.9. The predicted octanol–water partition coefficient (Wildman–Crippen LogP) is 0.646. The Morgan fingerprint density at radius 2 is 2.35 bits per heavy atom. The number of rotatable bonds is 6. The largest absolute Gasteiger partial charge is 0.377 e. The molecular weight excluding hydrogens is 218 g/mol. The van der Waals surface area contributed by atoms with Gasteiger partial charge in [-0.15, -0.1) is 0 Å². The average molecular weight is 243 g/mol. The number of hydrogen-bond donors (Lipinski definition) is 2. The number of nitrogens with two attached hydrogens (primary N) is 1. The third-order valence-electron chi connectivity index (χ3n) is 3.30. The average Bonchev–Trinajstić information content (AvgIpc) is 2.36. The van der Waals surface area contributed by atoms with Gasteiger partial charge in [-0.2, -0.15) is 0 Å². The molecule has 1 fully saturated rings. The summed E-state index contributed by atoms with van der Waals surface area (Å²) in [6, 6.07) is -0.143. The van der Waals surface area contributed by atoms with Gasteiger partial charge in [-0.05, 0) is 32.7 Å². The number of nitrogens with zero attached hydrogens (tertiary/aromatic N) is 1.